The van der Waals surface area contributed by atoms with E-state index in [-0.39, 0.29) is 11.0 Å². The van der Waals surface area contributed by atoms with Gasteiger partial charge in [-0.05, 0) is 36.4 Å². The Hall–Kier alpha value is -3.51. The van der Waals surface area contributed by atoms with Crippen LogP contribution in [0.2, 0.25) is 5.15 Å². The minimum atomic E-state index is -0.524. The number of anilines is 1. The lowest BCUT2D eigenvalue weighted by atomic mass is 10.2. The maximum atomic E-state index is 13.1. The van der Waals surface area contributed by atoms with Crippen LogP contribution < -0.4 is 10.9 Å². The van der Waals surface area contributed by atoms with Crippen LogP contribution in [0.4, 0.5) is 5.69 Å². The Kier molecular flexibility index (Phi) is 4.40. The van der Waals surface area contributed by atoms with Gasteiger partial charge >= 0.3 is 0 Å². The summed E-state index contributed by atoms with van der Waals surface area (Å²) in [6, 6.07) is 19.0. The third-order valence-electron chi connectivity index (χ3n) is 3.99. The number of nitrogens with one attached hydrogen (secondary N) is 1. The van der Waals surface area contributed by atoms with Crippen molar-refractivity contribution in [2.45, 2.75) is 0 Å². The Bertz CT molecular complexity index is 1210. The number of nitrogens with zero attached hydrogens (tertiary/aromatic N) is 3. The molecule has 0 saturated carbocycles. The van der Waals surface area contributed by atoms with Gasteiger partial charge in [0, 0.05) is 11.9 Å². The third-order valence-corrected chi connectivity index (χ3v) is 4.28. The Labute approximate surface area is 159 Å². The standard InChI is InChI=1S/C20H13ClN4O2/c21-17-16(11-6-12-22-17)25-18(19(26)23-13-7-2-1-3-8-13)24-15-10-5-4-9-14(15)20(25)27/h1-12H,(H,23,26). The van der Waals surface area contributed by atoms with Crippen molar-refractivity contribution in [1.29, 1.82) is 0 Å². The zero-order valence-corrected chi connectivity index (χ0v) is 14.7. The number of benzene rings is 2. The summed E-state index contributed by atoms with van der Waals surface area (Å²) in [5.74, 6) is -0.596. The molecule has 0 fully saturated rings. The number of hydrogen-bond acceptors (Lipinski definition) is 4. The van der Waals surface area contributed by atoms with Crippen molar-refractivity contribution in [3.05, 3.63) is 94.3 Å². The largest absolute Gasteiger partial charge is 0.319 e. The van der Waals surface area contributed by atoms with Crippen molar-refractivity contribution in [2.24, 2.45) is 0 Å². The molecule has 0 bridgehead atoms. The molecule has 0 spiro atoms. The van der Waals surface area contributed by atoms with E-state index in [2.05, 4.69) is 15.3 Å². The topological polar surface area (TPSA) is 76.9 Å². The molecule has 1 N–H and O–H groups in total. The first kappa shape index (κ1) is 16.9. The van der Waals surface area contributed by atoms with E-state index < -0.39 is 11.5 Å². The zero-order valence-electron chi connectivity index (χ0n) is 14.0. The molecule has 6 nitrogen and oxygen atoms in total. The maximum Gasteiger partial charge on any atom is 0.292 e. The average molecular weight is 377 g/mol. The van der Waals surface area contributed by atoms with Crippen LogP contribution in [0.3, 0.4) is 0 Å². The second-order valence-corrected chi connectivity index (χ2v) is 6.08. The fourth-order valence-electron chi connectivity index (χ4n) is 2.76. The van der Waals surface area contributed by atoms with Crippen LogP contribution in [0.5, 0.6) is 0 Å². The first-order valence-corrected chi connectivity index (χ1v) is 8.52. The van der Waals surface area contributed by atoms with E-state index in [9.17, 15) is 9.59 Å². The van der Waals surface area contributed by atoms with E-state index in [1.807, 2.05) is 6.07 Å². The number of para-hydroxylation sites is 2. The van der Waals surface area contributed by atoms with Crippen LogP contribution in [-0.4, -0.2) is 20.4 Å². The van der Waals surface area contributed by atoms with Crippen molar-refractivity contribution in [3.8, 4) is 5.69 Å². The Morgan fingerprint density at radius 2 is 1.70 bits per heavy atom. The number of rotatable bonds is 3. The van der Waals surface area contributed by atoms with Gasteiger partial charge in [-0.25, -0.2) is 9.97 Å². The van der Waals surface area contributed by atoms with Gasteiger partial charge in [0.05, 0.1) is 16.6 Å². The van der Waals surface area contributed by atoms with Gasteiger partial charge in [-0.15, -0.1) is 0 Å². The van der Waals surface area contributed by atoms with E-state index in [4.69, 9.17) is 11.6 Å². The molecule has 0 aliphatic heterocycles. The van der Waals surface area contributed by atoms with Gasteiger partial charge in [0.1, 0.15) is 0 Å². The molecule has 27 heavy (non-hydrogen) atoms. The fourth-order valence-corrected chi connectivity index (χ4v) is 2.97. The highest BCUT2D eigenvalue weighted by atomic mass is 35.5. The van der Waals surface area contributed by atoms with E-state index in [0.29, 0.717) is 22.3 Å². The zero-order chi connectivity index (χ0) is 18.8. The minimum absolute atomic E-state index is 0.0718. The van der Waals surface area contributed by atoms with Gasteiger partial charge < -0.3 is 5.32 Å². The van der Waals surface area contributed by atoms with Crippen molar-refractivity contribution >= 4 is 34.1 Å². The maximum absolute atomic E-state index is 13.1. The number of halogens is 1. The van der Waals surface area contributed by atoms with Gasteiger partial charge in [0.2, 0.25) is 5.82 Å². The second kappa shape index (κ2) is 7.01. The van der Waals surface area contributed by atoms with E-state index >= 15 is 0 Å². The monoisotopic (exact) mass is 376 g/mol. The van der Waals surface area contributed by atoms with Crippen LogP contribution in [-0.2, 0) is 0 Å². The first-order chi connectivity index (χ1) is 13.1. The van der Waals surface area contributed by atoms with Gasteiger partial charge in [-0.3, -0.25) is 14.2 Å². The summed E-state index contributed by atoms with van der Waals surface area (Å²) in [6.45, 7) is 0. The van der Waals surface area contributed by atoms with Crippen molar-refractivity contribution in [2.75, 3.05) is 5.32 Å². The lowest BCUT2D eigenvalue weighted by molar-refractivity contribution is 0.101. The molecule has 4 aromatic rings. The highest BCUT2D eigenvalue weighted by Gasteiger charge is 2.20. The van der Waals surface area contributed by atoms with Crippen molar-refractivity contribution in [1.82, 2.24) is 14.5 Å². The summed E-state index contributed by atoms with van der Waals surface area (Å²) in [4.78, 5) is 34.5. The molecule has 2 aromatic heterocycles. The van der Waals surface area contributed by atoms with Crippen LogP contribution in [0.1, 0.15) is 10.6 Å². The SMILES string of the molecule is O=C(Nc1ccccc1)c1nc2ccccc2c(=O)n1-c1cccnc1Cl. The fraction of sp³-hybridized carbons (Fsp3) is 0. The van der Waals surface area contributed by atoms with E-state index in [0.717, 1.165) is 0 Å². The number of pyridine rings is 1. The summed E-state index contributed by atoms with van der Waals surface area (Å²) >= 11 is 6.19. The van der Waals surface area contributed by atoms with Gasteiger partial charge in [0.25, 0.3) is 11.5 Å². The normalized spacial score (nSPS) is 10.7. The Balaban J connectivity index is 1.96. The van der Waals surface area contributed by atoms with E-state index in [1.54, 1.807) is 60.7 Å². The molecule has 132 valence electrons. The lowest BCUT2D eigenvalue weighted by Crippen LogP contribution is -2.29. The number of hydrogen-bond donors (Lipinski definition) is 1. The predicted molar refractivity (Wildman–Crippen MR) is 105 cm³/mol. The first-order valence-electron chi connectivity index (χ1n) is 8.14. The smallest absolute Gasteiger partial charge is 0.292 e. The van der Waals surface area contributed by atoms with Gasteiger partial charge in [0.15, 0.2) is 5.15 Å². The quantitative estimate of drug-likeness (QED) is 0.553. The third kappa shape index (κ3) is 3.18. The number of aromatic nitrogens is 3. The van der Waals surface area contributed by atoms with Crippen LogP contribution in [0.15, 0.2) is 77.7 Å². The van der Waals surface area contributed by atoms with Crippen LogP contribution >= 0.6 is 11.6 Å². The van der Waals surface area contributed by atoms with Gasteiger partial charge in [-0.1, -0.05) is 41.9 Å². The number of carbonyl (C=O) groups is 1. The van der Waals surface area contributed by atoms with Crippen molar-refractivity contribution in [3.63, 3.8) is 0 Å². The molecule has 0 aliphatic rings. The molecule has 0 unspecified atom stereocenters. The summed E-state index contributed by atoms with van der Waals surface area (Å²) in [6.07, 6.45) is 1.51. The molecule has 0 aliphatic carbocycles. The van der Waals surface area contributed by atoms with Crippen molar-refractivity contribution < 1.29 is 4.79 Å². The molecule has 2 heterocycles. The van der Waals surface area contributed by atoms with Crippen LogP contribution in [0, 0.1) is 0 Å². The molecule has 1 amide bonds. The lowest BCUT2D eigenvalue weighted by Gasteiger charge is -2.14. The number of fused-ring (bicyclic) bond motifs is 1. The molecule has 7 heteroatoms. The van der Waals surface area contributed by atoms with Crippen LogP contribution in [0.25, 0.3) is 16.6 Å². The molecular formula is C20H13ClN4O2. The second-order valence-electron chi connectivity index (χ2n) is 5.73. The summed E-state index contributed by atoms with van der Waals surface area (Å²) < 4.78 is 1.19. The number of amides is 1. The predicted octanol–water partition coefficient (Wildman–Crippen LogP) is 3.69. The summed E-state index contributed by atoms with van der Waals surface area (Å²) in [5, 5.41) is 3.24. The minimum Gasteiger partial charge on any atom is -0.319 e. The molecule has 4 rings (SSSR count). The summed E-state index contributed by atoms with van der Waals surface area (Å²) in [5.41, 5.74) is 0.917. The molecule has 0 radical (unpaired) electrons. The Morgan fingerprint density at radius 1 is 0.963 bits per heavy atom. The molecule has 0 atom stereocenters. The molecule has 2 aromatic carbocycles. The molecular weight excluding hydrogens is 364 g/mol. The highest BCUT2D eigenvalue weighted by molar-refractivity contribution is 6.31. The summed E-state index contributed by atoms with van der Waals surface area (Å²) in [7, 11) is 0. The molecule has 0 saturated heterocycles. The van der Waals surface area contributed by atoms with E-state index in [1.165, 1.54) is 10.8 Å². The number of carbonyl (C=O) groups excluding carboxylic acids is 1. The average Bonchev–Trinajstić information content (AvgIpc) is 2.69. The Morgan fingerprint density at radius 3 is 2.48 bits per heavy atom. The van der Waals surface area contributed by atoms with Gasteiger partial charge in [-0.2, -0.15) is 0 Å². The highest BCUT2D eigenvalue weighted by Crippen LogP contribution is 2.19.